The summed E-state index contributed by atoms with van der Waals surface area (Å²) < 4.78 is 0. The molecule has 0 saturated heterocycles. The largest absolute Gasteiger partial charge is 0.396 e. The summed E-state index contributed by atoms with van der Waals surface area (Å²) in [6.45, 7) is 2.40. The Hall–Kier alpha value is -0.0800. The molecule has 0 aromatic heterocycles. The first kappa shape index (κ1) is 9.01. The molecule has 2 N–H and O–H groups in total. The van der Waals surface area contributed by atoms with E-state index in [9.17, 15) is 5.11 Å². The maximum atomic E-state index is 9.56. The lowest BCUT2D eigenvalue weighted by atomic mass is 9.79. The Balaban J connectivity index is 2.31. The van der Waals surface area contributed by atoms with E-state index in [1.807, 2.05) is 0 Å². The second kappa shape index (κ2) is 4.07. The van der Waals surface area contributed by atoms with Gasteiger partial charge in [-0.25, -0.2) is 0 Å². The highest BCUT2D eigenvalue weighted by Gasteiger charge is 2.25. The molecule has 0 aliphatic heterocycles. The predicted octanol–water partition coefficient (Wildman–Crippen LogP) is 1.17. The van der Waals surface area contributed by atoms with Crippen LogP contribution in [0.3, 0.4) is 0 Å². The molecule has 2 nitrogen and oxygen atoms in total. The van der Waals surface area contributed by atoms with E-state index in [4.69, 9.17) is 5.11 Å². The van der Waals surface area contributed by atoms with Crippen molar-refractivity contribution in [1.29, 1.82) is 0 Å². The van der Waals surface area contributed by atoms with Crippen LogP contribution >= 0.6 is 0 Å². The Morgan fingerprint density at radius 2 is 2.09 bits per heavy atom. The second-order valence-electron chi connectivity index (χ2n) is 3.76. The van der Waals surface area contributed by atoms with Gasteiger partial charge in [-0.05, 0) is 31.1 Å². The topological polar surface area (TPSA) is 40.5 Å². The smallest absolute Gasteiger partial charge is 0.0571 e. The quantitative estimate of drug-likeness (QED) is 0.633. The fraction of sp³-hybridized carbons (Fsp3) is 1.00. The molecule has 1 saturated carbocycles. The van der Waals surface area contributed by atoms with E-state index < -0.39 is 0 Å². The van der Waals surface area contributed by atoms with Gasteiger partial charge in [-0.2, -0.15) is 0 Å². The fourth-order valence-electron chi connectivity index (χ4n) is 1.92. The van der Waals surface area contributed by atoms with Crippen LogP contribution in [0.15, 0.2) is 0 Å². The van der Waals surface area contributed by atoms with Crippen molar-refractivity contribution in [3.05, 3.63) is 0 Å². The van der Waals surface area contributed by atoms with Crippen LogP contribution in [0.1, 0.15) is 32.6 Å². The minimum Gasteiger partial charge on any atom is -0.396 e. The predicted molar refractivity (Wildman–Crippen MR) is 44.2 cm³/mol. The Bertz CT molecular complexity index is 114. The zero-order chi connectivity index (χ0) is 8.27. The van der Waals surface area contributed by atoms with Crippen LogP contribution in [0.5, 0.6) is 0 Å². The Kier molecular flexibility index (Phi) is 3.34. The van der Waals surface area contributed by atoms with Crippen LogP contribution in [0.25, 0.3) is 0 Å². The summed E-state index contributed by atoms with van der Waals surface area (Å²) in [5, 5.41) is 18.3. The summed E-state index contributed by atoms with van der Waals surface area (Å²) in [6.07, 6.45) is 3.83. The molecule has 1 rings (SSSR count). The molecule has 11 heavy (non-hydrogen) atoms. The Labute approximate surface area is 68.2 Å². The third-order valence-electron chi connectivity index (χ3n) is 2.72. The van der Waals surface area contributed by atoms with Crippen LogP contribution in [0, 0.1) is 11.8 Å². The summed E-state index contributed by atoms with van der Waals surface area (Å²) >= 11 is 0. The zero-order valence-corrected chi connectivity index (χ0v) is 7.16. The highest BCUT2D eigenvalue weighted by molar-refractivity contribution is 4.77. The summed E-state index contributed by atoms with van der Waals surface area (Å²) in [7, 11) is 0. The minimum absolute atomic E-state index is 0.161. The lowest BCUT2D eigenvalue weighted by Crippen LogP contribution is -2.28. The standard InChI is InChI=1S/C9H18O2/c1-7-2-3-8(4-5-10)9(11)6-7/h7-11H,2-6H2,1H3/t7-,8+,9-/m1/s1. The molecular weight excluding hydrogens is 140 g/mol. The maximum Gasteiger partial charge on any atom is 0.0571 e. The maximum absolute atomic E-state index is 9.56. The van der Waals surface area contributed by atoms with Crippen molar-refractivity contribution in [1.82, 2.24) is 0 Å². The van der Waals surface area contributed by atoms with Gasteiger partial charge in [0.05, 0.1) is 6.10 Å². The van der Waals surface area contributed by atoms with Gasteiger partial charge in [0.2, 0.25) is 0 Å². The Morgan fingerprint density at radius 3 is 2.64 bits per heavy atom. The molecule has 0 radical (unpaired) electrons. The molecule has 2 heteroatoms. The summed E-state index contributed by atoms with van der Waals surface area (Å²) in [4.78, 5) is 0. The normalized spacial score (nSPS) is 39.0. The SMILES string of the molecule is C[C@@H]1CC[C@@H](CCO)[C@H](O)C1. The van der Waals surface area contributed by atoms with E-state index in [0.29, 0.717) is 11.8 Å². The van der Waals surface area contributed by atoms with Crippen LogP contribution in [0.2, 0.25) is 0 Å². The molecule has 66 valence electrons. The van der Waals surface area contributed by atoms with Gasteiger partial charge in [0, 0.05) is 6.61 Å². The molecular formula is C9H18O2. The van der Waals surface area contributed by atoms with Crippen molar-refractivity contribution in [3.8, 4) is 0 Å². The van der Waals surface area contributed by atoms with Crippen LogP contribution in [-0.2, 0) is 0 Å². The van der Waals surface area contributed by atoms with Gasteiger partial charge in [0.1, 0.15) is 0 Å². The number of aliphatic hydroxyl groups is 2. The molecule has 1 aliphatic rings. The average molecular weight is 158 g/mol. The first-order valence-electron chi connectivity index (χ1n) is 4.53. The number of aliphatic hydroxyl groups excluding tert-OH is 2. The molecule has 3 atom stereocenters. The van der Waals surface area contributed by atoms with Crippen LogP contribution in [-0.4, -0.2) is 22.9 Å². The van der Waals surface area contributed by atoms with Gasteiger partial charge in [-0.1, -0.05) is 13.3 Å². The third-order valence-corrected chi connectivity index (χ3v) is 2.72. The van der Waals surface area contributed by atoms with E-state index in [1.165, 1.54) is 6.42 Å². The highest BCUT2D eigenvalue weighted by Crippen LogP contribution is 2.30. The van der Waals surface area contributed by atoms with Gasteiger partial charge in [-0.15, -0.1) is 0 Å². The van der Waals surface area contributed by atoms with Crippen LogP contribution < -0.4 is 0 Å². The van der Waals surface area contributed by atoms with E-state index in [0.717, 1.165) is 19.3 Å². The number of rotatable bonds is 2. The lowest BCUT2D eigenvalue weighted by molar-refractivity contribution is 0.0361. The molecule has 1 aliphatic carbocycles. The zero-order valence-electron chi connectivity index (χ0n) is 7.16. The molecule has 0 heterocycles. The summed E-state index contributed by atoms with van der Waals surface area (Å²) in [6, 6.07) is 0. The molecule has 1 fully saturated rings. The molecule has 0 spiro atoms. The molecule has 0 aromatic rings. The van der Waals surface area contributed by atoms with Crippen molar-refractivity contribution in [3.63, 3.8) is 0 Å². The molecule has 0 unspecified atom stereocenters. The minimum atomic E-state index is -0.161. The molecule has 0 bridgehead atoms. The molecule has 0 aromatic carbocycles. The van der Waals surface area contributed by atoms with Gasteiger partial charge in [0.15, 0.2) is 0 Å². The molecule has 0 amide bonds. The van der Waals surface area contributed by atoms with Crippen molar-refractivity contribution in [2.45, 2.75) is 38.7 Å². The highest BCUT2D eigenvalue weighted by atomic mass is 16.3. The van der Waals surface area contributed by atoms with E-state index >= 15 is 0 Å². The van der Waals surface area contributed by atoms with Gasteiger partial charge < -0.3 is 10.2 Å². The second-order valence-corrected chi connectivity index (χ2v) is 3.76. The number of hydrogen-bond donors (Lipinski definition) is 2. The summed E-state index contributed by atoms with van der Waals surface area (Å²) in [5.74, 6) is 1.02. The third kappa shape index (κ3) is 2.46. The first-order chi connectivity index (χ1) is 5.24. The van der Waals surface area contributed by atoms with Crippen molar-refractivity contribution < 1.29 is 10.2 Å². The Morgan fingerprint density at radius 1 is 1.36 bits per heavy atom. The van der Waals surface area contributed by atoms with Crippen molar-refractivity contribution in [2.75, 3.05) is 6.61 Å². The van der Waals surface area contributed by atoms with E-state index in [-0.39, 0.29) is 12.7 Å². The fourth-order valence-corrected chi connectivity index (χ4v) is 1.92. The average Bonchev–Trinajstić information content (AvgIpc) is 1.95. The number of hydrogen-bond acceptors (Lipinski definition) is 2. The van der Waals surface area contributed by atoms with Crippen molar-refractivity contribution in [2.24, 2.45) is 11.8 Å². The first-order valence-corrected chi connectivity index (χ1v) is 4.53. The van der Waals surface area contributed by atoms with Gasteiger partial charge >= 0.3 is 0 Å². The lowest BCUT2D eigenvalue weighted by Gasteiger charge is -2.30. The van der Waals surface area contributed by atoms with Gasteiger partial charge in [-0.3, -0.25) is 0 Å². The van der Waals surface area contributed by atoms with E-state index in [1.54, 1.807) is 0 Å². The van der Waals surface area contributed by atoms with Crippen molar-refractivity contribution >= 4 is 0 Å². The monoisotopic (exact) mass is 158 g/mol. The van der Waals surface area contributed by atoms with E-state index in [2.05, 4.69) is 6.92 Å². The van der Waals surface area contributed by atoms with Gasteiger partial charge in [0.25, 0.3) is 0 Å². The van der Waals surface area contributed by atoms with Crippen LogP contribution in [0.4, 0.5) is 0 Å². The summed E-state index contributed by atoms with van der Waals surface area (Å²) in [5.41, 5.74) is 0.